The number of amides is 2. The zero-order chi connectivity index (χ0) is 24.3. The fraction of sp³-hybridized carbons (Fsp3) is 0.200. The van der Waals surface area contributed by atoms with Gasteiger partial charge in [-0.2, -0.15) is 0 Å². The van der Waals surface area contributed by atoms with Crippen LogP contribution in [0.15, 0.2) is 72.8 Å². The van der Waals surface area contributed by atoms with E-state index < -0.39 is 21.8 Å². The van der Waals surface area contributed by atoms with E-state index in [2.05, 4.69) is 10.6 Å². The molecule has 176 valence electrons. The van der Waals surface area contributed by atoms with Crippen LogP contribution in [0.5, 0.6) is 0 Å². The van der Waals surface area contributed by atoms with Gasteiger partial charge in [-0.3, -0.25) is 9.59 Å². The first-order valence-electron chi connectivity index (χ1n) is 10.7. The first-order valence-corrected chi connectivity index (χ1v) is 12.9. The Balaban J connectivity index is 1.45. The lowest BCUT2D eigenvalue weighted by atomic mass is 10.1. The van der Waals surface area contributed by atoms with E-state index >= 15 is 0 Å². The van der Waals surface area contributed by atoms with Crippen molar-refractivity contribution in [1.82, 2.24) is 4.90 Å². The summed E-state index contributed by atoms with van der Waals surface area (Å²) >= 11 is 6.09. The summed E-state index contributed by atoms with van der Waals surface area (Å²) < 4.78 is 25.4. The van der Waals surface area contributed by atoms with Gasteiger partial charge in [0.25, 0.3) is 5.91 Å². The molecule has 1 aliphatic heterocycles. The van der Waals surface area contributed by atoms with Crippen molar-refractivity contribution < 1.29 is 18.0 Å². The van der Waals surface area contributed by atoms with Gasteiger partial charge in [-0.25, -0.2) is 8.42 Å². The third-order valence-corrected chi connectivity index (χ3v) is 7.49. The van der Waals surface area contributed by atoms with E-state index in [0.717, 1.165) is 5.56 Å². The molecule has 4 rings (SSSR count). The van der Waals surface area contributed by atoms with Gasteiger partial charge >= 0.3 is 0 Å². The molecule has 0 saturated heterocycles. The number of hydrogen-bond donors (Lipinski definition) is 2. The van der Waals surface area contributed by atoms with E-state index in [1.54, 1.807) is 54.4 Å². The van der Waals surface area contributed by atoms with Crippen molar-refractivity contribution in [3.63, 3.8) is 0 Å². The topological polar surface area (TPSA) is 95.6 Å². The Hall–Kier alpha value is -3.36. The van der Waals surface area contributed by atoms with Crippen molar-refractivity contribution in [3.05, 3.63) is 94.5 Å². The molecule has 2 amide bonds. The molecule has 7 nitrogen and oxygen atoms in total. The fourth-order valence-corrected chi connectivity index (χ4v) is 5.68. The third-order valence-electron chi connectivity index (χ3n) is 5.53. The highest BCUT2D eigenvalue weighted by molar-refractivity contribution is 7.90. The van der Waals surface area contributed by atoms with Crippen LogP contribution in [0, 0.1) is 0 Å². The molecule has 1 unspecified atom stereocenters. The van der Waals surface area contributed by atoms with Crippen molar-refractivity contribution in [1.29, 1.82) is 0 Å². The predicted molar refractivity (Wildman–Crippen MR) is 134 cm³/mol. The van der Waals surface area contributed by atoms with Crippen LogP contribution in [0.2, 0.25) is 5.02 Å². The molecular weight excluding hydrogens is 474 g/mol. The number of sulfone groups is 1. The van der Waals surface area contributed by atoms with Crippen molar-refractivity contribution >= 4 is 44.6 Å². The maximum Gasteiger partial charge on any atom is 0.253 e. The lowest BCUT2D eigenvalue weighted by molar-refractivity contribution is -0.116. The summed E-state index contributed by atoms with van der Waals surface area (Å²) in [7, 11) is -1.91. The van der Waals surface area contributed by atoms with Gasteiger partial charge in [0, 0.05) is 24.2 Å². The normalized spacial score (nSPS) is 15.1. The van der Waals surface area contributed by atoms with Crippen LogP contribution in [0.25, 0.3) is 0 Å². The molecule has 1 heterocycles. The Morgan fingerprint density at radius 1 is 1.00 bits per heavy atom. The summed E-state index contributed by atoms with van der Waals surface area (Å²) in [6.45, 7) is 0.451. The molecule has 34 heavy (non-hydrogen) atoms. The molecule has 2 N–H and O–H groups in total. The molecular formula is C25H24ClN3O4S. The second-order valence-corrected chi connectivity index (χ2v) is 10.8. The molecule has 1 atom stereocenters. The van der Waals surface area contributed by atoms with E-state index in [-0.39, 0.29) is 17.4 Å². The Morgan fingerprint density at radius 3 is 2.44 bits per heavy atom. The molecule has 9 heteroatoms. The number of nitrogens with one attached hydrogen (secondary N) is 2. The summed E-state index contributed by atoms with van der Waals surface area (Å²) in [5.41, 5.74) is 2.91. The highest BCUT2D eigenvalue weighted by Gasteiger charge is 2.31. The van der Waals surface area contributed by atoms with Crippen LogP contribution in [0.1, 0.15) is 21.5 Å². The number of carbonyl (C=O) groups is 2. The standard InChI is InChI=1S/C25H24ClN3O4S/c1-29(14-17-7-3-2-4-8-17)25(31)18-11-12-21-22(13-18)28-24(30)23(27-21)16-34(32,33)15-19-9-5-6-10-20(19)26/h2-13,23,27H,14-16H2,1H3,(H,28,30). The first-order chi connectivity index (χ1) is 16.2. The van der Waals surface area contributed by atoms with Gasteiger partial charge in [0.2, 0.25) is 5.91 Å². The van der Waals surface area contributed by atoms with Gasteiger partial charge in [0.1, 0.15) is 6.04 Å². The third kappa shape index (κ3) is 5.58. The quantitative estimate of drug-likeness (QED) is 0.515. The highest BCUT2D eigenvalue weighted by Crippen LogP contribution is 2.29. The summed E-state index contributed by atoms with van der Waals surface area (Å²) in [5.74, 6) is -1.31. The van der Waals surface area contributed by atoms with Crippen molar-refractivity contribution in [2.24, 2.45) is 0 Å². The van der Waals surface area contributed by atoms with Crippen LogP contribution in [-0.4, -0.2) is 44.0 Å². The number of rotatable bonds is 7. The van der Waals surface area contributed by atoms with Crippen LogP contribution < -0.4 is 10.6 Å². The Morgan fingerprint density at radius 2 is 1.71 bits per heavy atom. The Bertz CT molecular complexity index is 1330. The largest absolute Gasteiger partial charge is 0.371 e. The van der Waals surface area contributed by atoms with E-state index in [9.17, 15) is 18.0 Å². The van der Waals surface area contributed by atoms with Gasteiger partial charge in [-0.05, 0) is 35.4 Å². The van der Waals surface area contributed by atoms with E-state index in [1.807, 2.05) is 30.3 Å². The molecule has 3 aromatic carbocycles. The van der Waals surface area contributed by atoms with Gasteiger partial charge < -0.3 is 15.5 Å². The molecule has 3 aromatic rings. The predicted octanol–water partition coefficient (Wildman–Crippen LogP) is 3.96. The first kappa shape index (κ1) is 23.8. The van der Waals surface area contributed by atoms with Gasteiger partial charge in [-0.15, -0.1) is 0 Å². The van der Waals surface area contributed by atoms with Crippen LogP contribution >= 0.6 is 11.6 Å². The number of anilines is 2. The molecule has 0 bridgehead atoms. The van der Waals surface area contributed by atoms with E-state index in [1.165, 1.54) is 0 Å². The minimum atomic E-state index is -3.62. The van der Waals surface area contributed by atoms with Crippen molar-refractivity contribution in [2.75, 3.05) is 23.4 Å². The molecule has 0 fully saturated rings. The van der Waals surface area contributed by atoms with E-state index in [4.69, 9.17) is 11.6 Å². The monoisotopic (exact) mass is 497 g/mol. The molecule has 1 aliphatic rings. The van der Waals surface area contributed by atoms with E-state index in [0.29, 0.717) is 34.1 Å². The second-order valence-electron chi connectivity index (χ2n) is 8.24. The summed E-state index contributed by atoms with van der Waals surface area (Å²) in [5, 5.41) is 6.09. The molecule has 0 aromatic heterocycles. The highest BCUT2D eigenvalue weighted by atomic mass is 35.5. The number of fused-ring (bicyclic) bond motifs is 1. The lowest BCUT2D eigenvalue weighted by Crippen LogP contribution is -2.43. The van der Waals surface area contributed by atoms with Crippen molar-refractivity contribution in [3.8, 4) is 0 Å². The van der Waals surface area contributed by atoms with Gasteiger partial charge in [-0.1, -0.05) is 60.1 Å². The summed E-state index contributed by atoms with van der Waals surface area (Å²) in [6, 6.07) is 20.3. The molecule has 0 saturated carbocycles. The van der Waals surface area contributed by atoms with Crippen LogP contribution in [0.4, 0.5) is 11.4 Å². The van der Waals surface area contributed by atoms with Gasteiger partial charge in [0.05, 0.1) is 22.9 Å². The van der Waals surface area contributed by atoms with Crippen LogP contribution in [-0.2, 0) is 26.9 Å². The Kier molecular flexibility index (Phi) is 6.90. The average Bonchev–Trinajstić information content (AvgIpc) is 2.80. The number of nitrogens with zero attached hydrogens (tertiary/aromatic N) is 1. The summed E-state index contributed by atoms with van der Waals surface area (Å²) in [6.07, 6.45) is 0. The molecule has 0 radical (unpaired) electrons. The Labute approximate surface area is 203 Å². The average molecular weight is 498 g/mol. The summed E-state index contributed by atoms with van der Waals surface area (Å²) in [4.78, 5) is 27.1. The maximum atomic E-state index is 12.9. The lowest BCUT2D eigenvalue weighted by Gasteiger charge is -2.27. The number of halogens is 1. The van der Waals surface area contributed by atoms with Gasteiger partial charge in [0.15, 0.2) is 9.84 Å². The molecule has 0 aliphatic carbocycles. The number of hydrogen-bond acceptors (Lipinski definition) is 5. The van der Waals surface area contributed by atoms with Crippen LogP contribution in [0.3, 0.4) is 0 Å². The zero-order valence-corrected chi connectivity index (χ0v) is 20.1. The number of benzene rings is 3. The minimum Gasteiger partial charge on any atom is -0.371 e. The smallest absolute Gasteiger partial charge is 0.253 e. The molecule has 0 spiro atoms. The second kappa shape index (κ2) is 9.87. The zero-order valence-electron chi connectivity index (χ0n) is 18.5. The van der Waals surface area contributed by atoms with Crippen molar-refractivity contribution in [2.45, 2.75) is 18.3 Å². The number of carbonyl (C=O) groups excluding carboxylic acids is 2. The SMILES string of the molecule is CN(Cc1ccccc1)C(=O)c1ccc2c(c1)NC(=O)C(CS(=O)(=O)Cc1ccccc1Cl)N2. The minimum absolute atomic E-state index is 0.189. The maximum absolute atomic E-state index is 12.9. The fourth-order valence-electron chi connectivity index (χ4n) is 3.81.